The Bertz CT molecular complexity index is 900. The van der Waals surface area contributed by atoms with Crippen LogP contribution in [0, 0.1) is 6.92 Å². The Morgan fingerprint density at radius 3 is 2.82 bits per heavy atom. The molecule has 0 unspecified atom stereocenters. The second kappa shape index (κ2) is 6.81. The van der Waals surface area contributed by atoms with Gasteiger partial charge in [0.2, 0.25) is 5.91 Å². The van der Waals surface area contributed by atoms with Crippen LogP contribution in [-0.2, 0) is 16.0 Å². The summed E-state index contributed by atoms with van der Waals surface area (Å²) in [5.74, 6) is 0.279. The van der Waals surface area contributed by atoms with E-state index in [9.17, 15) is 4.79 Å². The largest absolute Gasteiger partial charge is 0.373 e. The van der Waals surface area contributed by atoms with Gasteiger partial charge < -0.3 is 9.64 Å². The van der Waals surface area contributed by atoms with E-state index >= 15 is 0 Å². The number of fused-ring (bicyclic) bond motifs is 6. The lowest BCUT2D eigenvalue weighted by Crippen LogP contribution is -2.48. The van der Waals surface area contributed by atoms with Crippen molar-refractivity contribution in [2.75, 3.05) is 19.6 Å². The number of aromatic nitrogens is 3. The van der Waals surface area contributed by atoms with Crippen LogP contribution in [0.25, 0.3) is 5.65 Å². The van der Waals surface area contributed by atoms with Crippen molar-refractivity contribution in [2.24, 2.45) is 0 Å². The minimum absolute atomic E-state index is 0.158. The number of hydrogen-bond acceptors (Lipinski definition) is 5. The third kappa shape index (κ3) is 3.01. The molecule has 5 rings (SSSR count). The standard InChI is InChI=1S/C21H29N5O2/c1-13-8-20-22-10-17-18-5-4-16(9-19(17)26(20)23-13)25(18)21(27)6-7-24-11-14(2)28-15(3)12-24/h8,10,14-16,18H,4-7,9,11-12H2,1-3H3/t14-,15+,16-,18-/m0/s1. The third-order valence-corrected chi connectivity index (χ3v) is 6.45. The van der Waals surface area contributed by atoms with Crippen LogP contribution in [0.2, 0.25) is 0 Å². The summed E-state index contributed by atoms with van der Waals surface area (Å²) in [7, 11) is 0. The van der Waals surface area contributed by atoms with E-state index in [4.69, 9.17) is 4.74 Å². The lowest BCUT2D eigenvalue weighted by Gasteiger charge is -2.38. The highest BCUT2D eigenvalue weighted by Crippen LogP contribution is 2.43. The van der Waals surface area contributed by atoms with Crippen molar-refractivity contribution in [1.82, 2.24) is 24.4 Å². The number of aryl methyl sites for hydroxylation is 1. The summed E-state index contributed by atoms with van der Waals surface area (Å²) in [6.45, 7) is 8.85. The minimum Gasteiger partial charge on any atom is -0.373 e. The second-order valence-corrected chi connectivity index (χ2v) is 8.73. The van der Waals surface area contributed by atoms with Gasteiger partial charge >= 0.3 is 0 Å². The van der Waals surface area contributed by atoms with Crippen LogP contribution in [0.15, 0.2) is 12.3 Å². The number of nitrogens with zero attached hydrogens (tertiary/aromatic N) is 5. The van der Waals surface area contributed by atoms with Crippen molar-refractivity contribution in [3.63, 3.8) is 0 Å². The van der Waals surface area contributed by atoms with Gasteiger partial charge in [0.25, 0.3) is 0 Å². The normalized spacial score (nSPS) is 30.0. The molecule has 2 aromatic heterocycles. The minimum atomic E-state index is 0.158. The molecule has 7 nitrogen and oxygen atoms in total. The van der Waals surface area contributed by atoms with Gasteiger partial charge in [-0.3, -0.25) is 9.69 Å². The van der Waals surface area contributed by atoms with E-state index < -0.39 is 0 Å². The lowest BCUT2D eigenvalue weighted by atomic mass is 9.98. The molecule has 150 valence electrons. The summed E-state index contributed by atoms with van der Waals surface area (Å²) in [5, 5.41) is 4.64. The fourth-order valence-corrected chi connectivity index (χ4v) is 5.43. The summed E-state index contributed by atoms with van der Waals surface area (Å²) in [5.41, 5.74) is 4.32. The Morgan fingerprint density at radius 1 is 1.25 bits per heavy atom. The van der Waals surface area contributed by atoms with Crippen LogP contribution in [0.5, 0.6) is 0 Å². The molecule has 0 N–H and O–H groups in total. The maximum Gasteiger partial charge on any atom is 0.224 e. The molecule has 2 bridgehead atoms. The number of amides is 1. The Morgan fingerprint density at radius 2 is 2.04 bits per heavy atom. The molecule has 5 heterocycles. The Hall–Kier alpha value is -1.99. The number of morpholine rings is 1. The van der Waals surface area contributed by atoms with Crippen LogP contribution in [-0.4, -0.2) is 68.2 Å². The number of hydrogen-bond donors (Lipinski definition) is 0. The van der Waals surface area contributed by atoms with Crippen LogP contribution < -0.4 is 0 Å². The fourth-order valence-electron chi connectivity index (χ4n) is 5.43. The first kappa shape index (κ1) is 18.1. The molecule has 28 heavy (non-hydrogen) atoms. The topological polar surface area (TPSA) is 63.0 Å². The van der Waals surface area contributed by atoms with E-state index in [2.05, 4.69) is 33.7 Å². The molecule has 4 atom stereocenters. The average Bonchev–Trinajstić information content (AvgIpc) is 3.18. The van der Waals surface area contributed by atoms with Crippen molar-refractivity contribution in [3.8, 4) is 0 Å². The van der Waals surface area contributed by atoms with Gasteiger partial charge in [-0.15, -0.1) is 0 Å². The molecule has 0 radical (unpaired) electrons. The van der Waals surface area contributed by atoms with E-state index in [0.717, 1.165) is 50.2 Å². The Labute approximate surface area is 165 Å². The van der Waals surface area contributed by atoms with E-state index in [1.54, 1.807) is 0 Å². The van der Waals surface area contributed by atoms with Gasteiger partial charge in [-0.1, -0.05) is 0 Å². The molecule has 3 aliphatic rings. The highest BCUT2D eigenvalue weighted by Gasteiger charge is 2.43. The second-order valence-electron chi connectivity index (χ2n) is 8.73. The molecule has 0 saturated carbocycles. The summed E-state index contributed by atoms with van der Waals surface area (Å²) in [6, 6.07) is 2.47. The molecular weight excluding hydrogens is 354 g/mol. The first-order chi connectivity index (χ1) is 13.5. The van der Waals surface area contributed by atoms with Gasteiger partial charge in [0, 0.05) is 56.3 Å². The summed E-state index contributed by atoms with van der Waals surface area (Å²) < 4.78 is 7.80. The van der Waals surface area contributed by atoms with E-state index in [-0.39, 0.29) is 24.2 Å². The molecule has 3 aliphatic heterocycles. The molecule has 2 saturated heterocycles. The van der Waals surface area contributed by atoms with Crippen LogP contribution in [0.4, 0.5) is 0 Å². The van der Waals surface area contributed by atoms with Crippen LogP contribution in [0.3, 0.4) is 0 Å². The molecule has 7 heteroatoms. The first-order valence-corrected chi connectivity index (χ1v) is 10.5. The third-order valence-electron chi connectivity index (χ3n) is 6.45. The zero-order chi connectivity index (χ0) is 19.4. The monoisotopic (exact) mass is 383 g/mol. The lowest BCUT2D eigenvalue weighted by molar-refractivity contribution is -0.136. The van der Waals surface area contributed by atoms with Gasteiger partial charge in [-0.2, -0.15) is 5.10 Å². The number of carbonyl (C=O) groups is 1. The van der Waals surface area contributed by atoms with Crippen molar-refractivity contribution in [3.05, 3.63) is 29.2 Å². The Kier molecular flexibility index (Phi) is 4.39. The van der Waals surface area contributed by atoms with Gasteiger partial charge in [0.15, 0.2) is 5.65 Å². The Balaban J connectivity index is 1.33. The van der Waals surface area contributed by atoms with Crippen molar-refractivity contribution in [1.29, 1.82) is 0 Å². The molecule has 2 aromatic rings. The highest BCUT2D eigenvalue weighted by molar-refractivity contribution is 5.78. The zero-order valence-electron chi connectivity index (χ0n) is 17.0. The van der Waals surface area contributed by atoms with Crippen LogP contribution >= 0.6 is 0 Å². The predicted molar refractivity (Wildman–Crippen MR) is 105 cm³/mol. The molecule has 0 aliphatic carbocycles. The molecule has 0 aromatic carbocycles. The van der Waals surface area contributed by atoms with E-state index in [1.165, 1.54) is 11.3 Å². The van der Waals surface area contributed by atoms with E-state index in [0.29, 0.717) is 12.5 Å². The quantitative estimate of drug-likeness (QED) is 0.813. The van der Waals surface area contributed by atoms with E-state index in [1.807, 2.05) is 23.7 Å². The number of rotatable bonds is 3. The van der Waals surface area contributed by atoms with Gasteiger partial charge in [0.05, 0.1) is 29.6 Å². The van der Waals surface area contributed by atoms with Crippen molar-refractivity contribution in [2.45, 2.75) is 70.7 Å². The first-order valence-electron chi connectivity index (χ1n) is 10.5. The summed E-state index contributed by atoms with van der Waals surface area (Å²) in [4.78, 5) is 22.3. The summed E-state index contributed by atoms with van der Waals surface area (Å²) >= 11 is 0. The van der Waals surface area contributed by atoms with Crippen LogP contribution in [0.1, 0.15) is 56.1 Å². The maximum absolute atomic E-state index is 13.2. The van der Waals surface area contributed by atoms with Crippen molar-refractivity contribution >= 4 is 11.6 Å². The molecule has 2 fully saturated rings. The average molecular weight is 383 g/mol. The van der Waals surface area contributed by atoms with Crippen molar-refractivity contribution < 1.29 is 9.53 Å². The van der Waals surface area contributed by atoms with Gasteiger partial charge in [0.1, 0.15) is 0 Å². The number of carbonyl (C=O) groups excluding carboxylic acids is 1. The summed E-state index contributed by atoms with van der Waals surface area (Å²) in [6.07, 6.45) is 6.01. The number of ether oxygens (including phenoxy) is 1. The zero-order valence-corrected chi connectivity index (χ0v) is 17.0. The highest BCUT2D eigenvalue weighted by atomic mass is 16.5. The molecular formula is C21H29N5O2. The SMILES string of the molecule is Cc1cc2ncc3c(n2n1)C[C@@H]1CC[C@@H]3N1C(=O)CCN1C[C@@H](C)O[C@@H](C)C1. The van der Waals surface area contributed by atoms with Gasteiger partial charge in [-0.25, -0.2) is 9.50 Å². The molecule has 1 amide bonds. The molecule has 0 spiro atoms. The smallest absolute Gasteiger partial charge is 0.224 e. The fraction of sp³-hybridized carbons (Fsp3) is 0.667. The van der Waals surface area contributed by atoms with Gasteiger partial charge in [-0.05, 0) is 33.6 Å². The maximum atomic E-state index is 13.2. The predicted octanol–water partition coefficient (Wildman–Crippen LogP) is 2.13.